The minimum absolute atomic E-state index is 0.262. The average molecular weight is 368 g/mol. The summed E-state index contributed by atoms with van der Waals surface area (Å²) in [5.74, 6) is 1.05. The zero-order valence-corrected chi connectivity index (χ0v) is 15.9. The van der Waals surface area contributed by atoms with Gasteiger partial charge in [0.25, 0.3) is 0 Å². The lowest BCUT2D eigenvalue weighted by Crippen LogP contribution is -2.37. The fraction of sp³-hybridized carbons (Fsp3) is 0.450. The van der Waals surface area contributed by atoms with E-state index in [-0.39, 0.29) is 5.91 Å². The third-order valence-corrected chi connectivity index (χ3v) is 4.64. The summed E-state index contributed by atoms with van der Waals surface area (Å²) >= 11 is 0. The molecule has 27 heavy (non-hydrogen) atoms. The van der Waals surface area contributed by atoms with Crippen LogP contribution in [0.1, 0.15) is 30.4 Å². The van der Waals surface area contributed by atoms with Crippen molar-refractivity contribution in [2.45, 2.75) is 38.9 Å². The van der Waals surface area contributed by atoms with Crippen LogP contribution in [0.15, 0.2) is 47.7 Å². The molecule has 0 aliphatic carbocycles. The fourth-order valence-electron chi connectivity index (χ4n) is 3.22. The van der Waals surface area contributed by atoms with Gasteiger partial charge in [0, 0.05) is 58.6 Å². The quantitative estimate of drug-likeness (QED) is 0.423. The number of aryl methyl sites for hydroxylation is 1. The first-order valence-corrected chi connectivity index (χ1v) is 9.52. The second-order valence-corrected chi connectivity index (χ2v) is 6.71. The maximum atomic E-state index is 11.8. The highest BCUT2D eigenvalue weighted by molar-refractivity contribution is 5.79. The van der Waals surface area contributed by atoms with Gasteiger partial charge in [0.05, 0.1) is 0 Å². The van der Waals surface area contributed by atoms with Gasteiger partial charge >= 0.3 is 0 Å². The maximum Gasteiger partial charge on any atom is 0.222 e. The normalized spacial score (nSPS) is 14.6. The molecule has 2 heterocycles. The Morgan fingerprint density at radius 2 is 2.15 bits per heavy atom. The summed E-state index contributed by atoms with van der Waals surface area (Å²) in [6.45, 7) is 3.98. The molecule has 0 saturated carbocycles. The monoisotopic (exact) mass is 368 g/mol. The van der Waals surface area contributed by atoms with Crippen molar-refractivity contribution in [2.75, 3.05) is 20.1 Å². The van der Waals surface area contributed by atoms with Crippen molar-refractivity contribution in [1.29, 1.82) is 0 Å². The number of aromatic nitrogens is 2. The number of hydrogen-bond acceptors (Lipinski definition) is 3. The molecule has 7 heteroatoms. The smallest absolute Gasteiger partial charge is 0.222 e. The van der Waals surface area contributed by atoms with E-state index in [0.29, 0.717) is 19.5 Å². The highest BCUT2D eigenvalue weighted by Gasteiger charge is 2.19. The largest absolute Gasteiger partial charge is 0.356 e. The number of carbonyl (C=O) groups is 1. The predicted octanol–water partition coefficient (Wildman–Crippen LogP) is 1.76. The van der Waals surface area contributed by atoms with Crippen LogP contribution in [-0.2, 0) is 24.4 Å². The molecule has 0 bridgehead atoms. The lowest BCUT2D eigenvalue weighted by atomic mass is 10.1. The Morgan fingerprint density at radius 3 is 2.89 bits per heavy atom. The number of nitrogens with one attached hydrogen (secondary N) is 2. The number of likely N-dealkylation sites (tertiary alicyclic amines) is 1. The van der Waals surface area contributed by atoms with E-state index in [1.807, 2.05) is 27.9 Å². The molecule has 0 unspecified atom stereocenters. The average Bonchev–Trinajstić information content (AvgIpc) is 3.34. The van der Waals surface area contributed by atoms with Crippen LogP contribution in [0.5, 0.6) is 0 Å². The summed E-state index contributed by atoms with van der Waals surface area (Å²) in [7, 11) is 1.78. The number of carbonyl (C=O) groups excluding carboxylic acids is 1. The summed E-state index contributed by atoms with van der Waals surface area (Å²) < 4.78 is 1.93. The molecular formula is C20H28N6O. The van der Waals surface area contributed by atoms with Crippen molar-refractivity contribution < 1.29 is 4.79 Å². The molecule has 7 nitrogen and oxygen atoms in total. The molecule has 1 saturated heterocycles. The van der Waals surface area contributed by atoms with Gasteiger partial charge in [-0.15, -0.1) is 0 Å². The number of nitrogens with zero attached hydrogens (tertiary/aromatic N) is 4. The van der Waals surface area contributed by atoms with Gasteiger partial charge in [-0.05, 0) is 30.0 Å². The van der Waals surface area contributed by atoms with Gasteiger partial charge < -0.3 is 15.5 Å². The van der Waals surface area contributed by atoms with Gasteiger partial charge in [-0.3, -0.25) is 14.5 Å². The number of hydrogen-bond donors (Lipinski definition) is 2. The number of rotatable bonds is 8. The Kier molecular flexibility index (Phi) is 6.84. The van der Waals surface area contributed by atoms with Gasteiger partial charge in [-0.1, -0.05) is 24.3 Å². The van der Waals surface area contributed by atoms with E-state index < -0.39 is 0 Å². The van der Waals surface area contributed by atoms with E-state index in [1.54, 1.807) is 13.2 Å². The molecule has 2 N–H and O–H groups in total. The van der Waals surface area contributed by atoms with Crippen LogP contribution in [0.2, 0.25) is 0 Å². The fourth-order valence-corrected chi connectivity index (χ4v) is 3.22. The van der Waals surface area contributed by atoms with Gasteiger partial charge in [0.1, 0.15) is 0 Å². The second-order valence-electron chi connectivity index (χ2n) is 6.71. The number of guanidine groups is 1. The lowest BCUT2D eigenvalue weighted by molar-refractivity contribution is -0.128. The molecule has 3 rings (SSSR count). The highest BCUT2D eigenvalue weighted by Crippen LogP contribution is 2.15. The third-order valence-electron chi connectivity index (χ3n) is 4.64. The van der Waals surface area contributed by atoms with Crippen molar-refractivity contribution in [3.63, 3.8) is 0 Å². The number of amides is 1. The molecule has 1 aromatic carbocycles. The molecular weight excluding hydrogens is 340 g/mol. The summed E-state index contributed by atoms with van der Waals surface area (Å²) in [5, 5.41) is 10.9. The Balaban J connectivity index is 1.42. The van der Waals surface area contributed by atoms with E-state index in [2.05, 4.69) is 38.9 Å². The van der Waals surface area contributed by atoms with E-state index in [1.165, 1.54) is 11.1 Å². The minimum Gasteiger partial charge on any atom is -0.356 e. The van der Waals surface area contributed by atoms with Crippen LogP contribution in [0.25, 0.3) is 0 Å². The van der Waals surface area contributed by atoms with E-state index in [4.69, 9.17) is 0 Å². The molecule has 1 aliphatic rings. The van der Waals surface area contributed by atoms with Crippen molar-refractivity contribution in [2.24, 2.45) is 4.99 Å². The first-order valence-electron chi connectivity index (χ1n) is 9.52. The lowest BCUT2D eigenvalue weighted by Gasteiger charge is -2.16. The number of benzene rings is 1. The Morgan fingerprint density at radius 1 is 1.26 bits per heavy atom. The Hall–Kier alpha value is -2.83. The van der Waals surface area contributed by atoms with Gasteiger partial charge in [-0.2, -0.15) is 5.10 Å². The molecule has 144 valence electrons. The van der Waals surface area contributed by atoms with E-state index >= 15 is 0 Å². The van der Waals surface area contributed by atoms with Gasteiger partial charge in [0.15, 0.2) is 5.96 Å². The molecule has 1 amide bonds. The highest BCUT2D eigenvalue weighted by atomic mass is 16.2. The van der Waals surface area contributed by atoms with Gasteiger partial charge in [0.2, 0.25) is 5.91 Å². The molecule has 0 spiro atoms. The van der Waals surface area contributed by atoms with Crippen LogP contribution >= 0.6 is 0 Å². The molecule has 1 aromatic heterocycles. The SMILES string of the molecule is CN=C(NCCCn1cccn1)NCc1cccc(CN2CCCC2=O)c1. The molecule has 2 aromatic rings. The molecule has 1 aliphatic heterocycles. The van der Waals surface area contributed by atoms with Crippen molar-refractivity contribution in [1.82, 2.24) is 25.3 Å². The first kappa shape index (κ1) is 18.9. The van der Waals surface area contributed by atoms with Gasteiger partial charge in [-0.25, -0.2) is 0 Å². The third kappa shape index (κ3) is 5.84. The van der Waals surface area contributed by atoms with Crippen LogP contribution in [-0.4, -0.2) is 46.7 Å². The number of aliphatic imine (C=N–C) groups is 1. The summed E-state index contributed by atoms with van der Waals surface area (Å²) in [4.78, 5) is 18.0. The topological polar surface area (TPSA) is 74.6 Å². The van der Waals surface area contributed by atoms with Crippen LogP contribution in [0, 0.1) is 0 Å². The van der Waals surface area contributed by atoms with Crippen molar-refractivity contribution in [3.8, 4) is 0 Å². The zero-order chi connectivity index (χ0) is 18.9. The van der Waals surface area contributed by atoms with Crippen LogP contribution in [0.4, 0.5) is 0 Å². The maximum absolute atomic E-state index is 11.8. The Labute approximate surface area is 160 Å². The summed E-state index contributed by atoms with van der Waals surface area (Å²) in [6, 6.07) is 10.3. The predicted molar refractivity (Wildman–Crippen MR) is 106 cm³/mol. The first-order chi connectivity index (χ1) is 13.2. The summed E-state index contributed by atoms with van der Waals surface area (Å²) in [5.41, 5.74) is 2.35. The molecule has 0 atom stereocenters. The molecule has 0 radical (unpaired) electrons. The standard InChI is InChI=1S/C20H28N6O/c1-21-20(22-9-4-12-26-13-5-10-24-26)23-15-17-6-2-7-18(14-17)16-25-11-3-8-19(25)27/h2,5-7,10,13-14H,3-4,8-9,11-12,15-16H2,1H3,(H2,21,22,23). The van der Waals surface area contributed by atoms with Crippen molar-refractivity contribution >= 4 is 11.9 Å². The van der Waals surface area contributed by atoms with Crippen LogP contribution in [0.3, 0.4) is 0 Å². The molecule has 1 fully saturated rings. The van der Waals surface area contributed by atoms with Crippen LogP contribution < -0.4 is 10.6 Å². The zero-order valence-electron chi connectivity index (χ0n) is 15.9. The second kappa shape index (κ2) is 9.75. The summed E-state index contributed by atoms with van der Waals surface area (Å²) in [6.07, 6.45) is 6.39. The minimum atomic E-state index is 0.262. The van der Waals surface area contributed by atoms with Crippen molar-refractivity contribution in [3.05, 3.63) is 53.9 Å². The van der Waals surface area contributed by atoms with E-state index in [0.717, 1.165) is 38.4 Å². The Bertz CT molecular complexity index is 756. The van der Waals surface area contributed by atoms with E-state index in [9.17, 15) is 4.79 Å².